The molecule has 0 amide bonds. The number of thiophene rings is 1. The van der Waals surface area contributed by atoms with E-state index < -0.39 is 5.69 Å². The van der Waals surface area contributed by atoms with Crippen LogP contribution < -0.4 is 16.0 Å². The van der Waals surface area contributed by atoms with Crippen LogP contribution in [0.15, 0.2) is 75.6 Å². The number of rotatable bonds is 6. The van der Waals surface area contributed by atoms with E-state index >= 15 is 0 Å². The summed E-state index contributed by atoms with van der Waals surface area (Å²) < 4.78 is 22.1. The smallest absolute Gasteiger partial charge is 0.331 e. The van der Waals surface area contributed by atoms with Crippen molar-refractivity contribution in [2.24, 2.45) is 0 Å². The first-order valence-corrected chi connectivity index (χ1v) is 9.64. The van der Waals surface area contributed by atoms with Crippen LogP contribution in [0.4, 0.5) is 4.39 Å². The van der Waals surface area contributed by atoms with E-state index in [1.165, 1.54) is 28.0 Å². The lowest BCUT2D eigenvalue weighted by atomic mass is 10.2. The summed E-state index contributed by atoms with van der Waals surface area (Å²) in [6.45, 7) is 0.694. The monoisotopic (exact) mass is 396 g/mol. The molecule has 0 saturated carbocycles. The zero-order valence-corrected chi connectivity index (χ0v) is 15.7. The molecule has 0 fully saturated rings. The van der Waals surface area contributed by atoms with Crippen LogP contribution in [-0.4, -0.2) is 15.7 Å². The second kappa shape index (κ2) is 7.82. The van der Waals surface area contributed by atoms with Gasteiger partial charge in [-0.3, -0.25) is 13.9 Å². The number of hydrogen-bond donors (Lipinski definition) is 0. The Labute approximate surface area is 163 Å². The highest BCUT2D eigenvalue weighted by Gasteiger charge is 2.14. The molecule has 0 bridgehead atoms. The molecular weight excluding hydrogens is 379 g/mol. The first kappa shape index (κ1) is 18.2. The van der Waals surface area contributed by atoms with E-state index in [2.05, 4.69) is 0 Å². The summed E-state index contributed by atoms with van der Waals surface area (Å²) >= 11 is 1.30. The molecule has 28 heavy (non-hydrogen) atoms. The number of hydrogen-bond acceptors (Lipinski definition) is 4. The summed E-state index contributed by atoms with van der Waals surface area (Å²) in [5.74, 6) is 0.358. The zero-order valence-electron chi connectivity index (χ0n) is 14.9. The molecule has 0 atom stereocenters. The summed E-state index contributed by atoms with van der Waals surface area (Å²) in [7, 11) is 0. The molecule has 0 radical (unpaired) electrons. The molecule has 2 heterocycles. The van der Waals surface area contributed by atoms with Crippen molar-refractivity contribution in [3.63, 3.8) is 0 Å². The van der Waals surface area contributed by atoms with Crippen molar-refractivity contribution in [2.45, 2.75) is 13.1 Å². The molecular formula is C21H17FN2O3S. The van der Waals surface area contributed by atoms with E-state index in [1.54, 1.807) is 28.1 Å². The van der Waals surface area contributed by atoms with Crippen molar-refractivity contribution < 1.29 is 9.13 Å². The van der Waals surface area contributed by atoms with Gasteiger partial charge in [0.2, 0.25) is 0 Å². The Morgan fingerprint density at radius 3 is 2.43 bits per heavy atom. The lowest BCUT2D eigenvalue weighted by Gasteiger charge is -2.13. The van der Waals surface area contributed by atoms with Crippen molar-refractivity contribution in [1.29, 1.82) is 0 Å². The van der Waals surface area contributed by atoms with Gasteiger partial charge in [0.05, 0.1) is 18.6 Å². The van der Waals surface area contributed by atoms with Crippen LogP contribution in [-0.2, 0) is 13.1 Å². The number of ether oxygens (including phenoxy) is 1. The van der Waals surface area contributed by atoms with Crippen LogP contribution in [0.1, 0.15) is 5.56 Å². The molecule has 0 aliphatic carbocycles. The Hall–Kier alpha value is -3.19. The van der Waals surface area contributed by atoms with Gasteiger partial charge in [-0.2, -0.15) is 0 Å². The minimum atomic E-state index is -0.406. The van der Waals surface area contributed by atoms with Crippen LogP contribution in [0.3, 0.4) is 0 Å². The highest BCUT2D eigenvalue weighted by molar-refractivity contribution is 7.17. The largest absolute Gasteiger partial charge is 0.492 e. The first-order valence-electron chi connectivity index (χ1n) is 8.76. The van der Waals surface area contributed by atoms with Gasteiger partial charge >= 0.3 is 5.69 Å². The summed E-state index contributed by atoms with van der Waals surface area (Å²) in [5, 5.41) is 1.79. The maximum Gasteiger partial charge on any atom is 0.331 e. The Kier molecular flexibility index (Phi) is 5.08. The third kappa shape index (κ3) is 3.61. The summed E-state index contributed by atoms with van der Waals surface area (Å²) in [6, 6.07) is 16.9. The van der Waals surface area contributed by atoms with Crippen molar-refractivity contribution >= 4 is 21.6 Å². The normalized spacial score (nSPS) is 11.0. The third-order valence-corrected chi connectivity index (χ3v) is 5.31. The van der Waals surface area contributed by atoms with Gasteiger partial charge in [-0.15, -0.1) is 11.3 Å². The minimum Gasteiger partial charge on any atom is -0.492 e. The molecule has 0 N–H and O–H groups in total. The molecule has 0 saturated heterocycles. The van der Waals surface area contributed by atoms with E-state index in [4.69, 9.17) is 4.74 Å². The molecule has 7 heteroatoms. The lowest BCUT2D eigenvalue weighted by Crippen LogP contribution is -2.40. The quantitative estimate of drug-likeness (QED) is 0.501. The van der Waals surface area contributed by atoms with Gasteiger partial charge in [-0.25, -0.2) is 9.18 Å². The number of aromatic nitrogens is 2. The summed E-state index contributed by atoms with van der Waals surface area (Å²) in [5.41, 5.74) is 0.548. The lowest BCUT2D eigenvalue weighted by molar-refractivity contribution is 0.296. The maximum atomic E-state index is 13.1. The first-order chi connectivity index (χ1) is 13.6. The van der Waals surface area contributed by atoms with Gasteiger partial charge in [0.25, 0.3) is 5.56 Å². The molecule has 2 aromatic heterocycles. The van der Waals surface area contributed by atoms with Gasteiger partial charge < -0.3 is 4.74 Å². The molecule has 142 valence electrons. The van der Waals surface area contributed by atoms with Gasteiger partial charge in [0, 0.05) is 0 Å². The van der Waals surface area contributed by atoms with Gasteiger partial charge in [-0.1, -0.05) is 30.3 Å². The topological polar surface area (TPSA) is 53.2 Å². The van der Waals surface area contributed by atoms with E-state index in [1.807, 2.05) is 30.3 Å². The number of halogens is 1. The van der Waals surface area contributed by atoms with Crippen LogP contribution in [0, 0.1) is 5.82 Å². The second-order valence-corrected chi connectivity index (χ2v) is 7.16. The van der Waals surface area contributed by atoms with Gasteiger partial charge in [0.15, 0.2) is 0 Å². The van der Waals surface area contributed by atoms with Gasteiger partial charge in [0.1, 0.15) is 22.9 Å². The molecule has 0 spiro atoms. The van der Waals surface area contributed by atoms with E-state index in [9.17, 15) is 14.0 Å². The molecule has 0 aliphatic rings. The van der Waals surface area contributed by atoms with Crippen LogP contribution in [0.5, 0.6) is 5.75 Å². The molecule has 4 aromatic rings. The summed E-state index contributed by atoms with van der Waals surface area (Å²) in [6.07, 6.45) is 0. The fourth-order valence-electron chi connectivity index (χ4n) is 3.03. The Balaban J connectivity index is 1.67. The van der Waals surface area contributed by atoms with E-state index in [0.717, 1.165) is 5.75 Å². The van der Waals surface area contributed by atoms with E-state index in [-0.39, 0.29) is 17.9 Å². The Bertz CT molecular complexity index is 1210. The zero-order chi connectivity index (χ0) is 19.5. The minimum absolute atomic E-state index is 0.0886. The number of nitrogens with zero attached hydrogens (tertiary/aromatic N) is 2. The highest BCUT2D eigenvalue weighted by atomic mass is 32.1. The van der Waals surface area contributed by atoms with Gasteiger partial charge in [-0.05, 0) is 41.3 Å². The molecule has 0 aliphatic heterocycles. The highest BCUT2D eigenvalue weighted by Crippen LogP contribution is 2.16. The van der Waals surface area contributed by atoms with Crippen LogP contribution in [0.25, 0.3) is 10.2 Å². The Morgan fingerprint density at radius 2 is 1.68 bits per heavy atom. The fraction of sp³-hybridized carbons (Fsp3) is 0.143. The Morgan fingerprint density at radius 1 is 0.929 bits per heavy atom. The van der Waals surface area contributed by atoms with Crippen LogP contribution in [0.2, 0.25) is 0 Å². The van der Waals surface area contributed by atoms with Crippen molar-refractivity contribution in [3.8, 4) is 5.75 Å². The van der Waals surface area contributed by atoms with Crippen molar-refractivity contribution in [3.05, 3.63) is 98.3 Å². The van der Waals surface area contributed by atoms with E-state index in [0.29, 0.717) is 28.9 Å². The predicted molar refractivity (Wildman–Crippen MR) is 108 cm³/mol. The molecule has 0 unspecified atom stereocenters. The third-order valence-electron chi connectivity index (χ3n) is 4.42. The average Bonchev–Trinajstić information content (AvgIpc) is 3.20. The standard InChI is InChI=1S/C21H17FN2O3S/c22-16-8-6-15(7-9-16)14-24-20(25)19-18(10-13-28-19)23(21(24)26)11-12-27-17-4-2-1-3-5-17/h1-10,13H,11-12,14H2. The average molecular weight is 396 g/mol. The number of para-hydroxylation sites is 1. The fourth-order valence-corrected chi connectivity index (χ4v) is 3.88. The predicted octanol–water partition coefficient (Wildman–Crippen LogP) is 3.49. The van der Waals surface area contributed by atoms with Crippen molar-refractivity contribution in [1.82, 2.24) is 9.13 Å². The number of fused-ring (bicyclic) bond motifs is 1. The van der Waals surface area contributed by atoms with Crippen molar-refractivity contribution in [2.75, 3.05) is 6.61 Å². The number of benzene rings is 2. The summed E-state index contributed by atoms with van der Waals surface area (Å²) in [4.78, 5) is 25.8. The SMILES string of the molecule is O=c1c2sccc2n(CCOc2ccccc2)c(=O)n1Cc1ccc(F)cc1. The van der Waals surface area contributed by atoms with Crippen LogP contribution >= 0.6 is 11.3 Å². The molecule has 5 nitrogen and oxygen atoms in total. The second-order valence-electron chi connectivity index (χ2n) is 6.25. The maximum absolute atomic E-state index is 13.1. The molecule has 4 rings (SSSR count). The molecule has 2 aromatic carbocycles.